The van der Waals surface area contributed by atoms with Gasteiger partial charge in [0.1, 0.15) is 11.2 Å². The molecule has 1 aliphatic carbocycles. The number of rotatable bonds is 3. The molecule has 3 aromatic rings. The van der Waals surface area contributed by atoms with Crippen molar-refractivity contribution in [3.05, 3.63) is 52.2 Å². The minimum Gasteiger partial charge on any atom is -0.310 e. The third-order valence-electron chi connectivity index (χ3n) is 4.79. The van der Waals surface area contributed by atoms with E-state index in [1.165, 1.54) is 25.7 Å². The molecule has 0 aliphatic heterocycles. The first-order valence-corrected chi connectivity index (χ1v) is 8.25. The number of nitrogens with zero attached hydrogens (tertiary/aromatic N) is 3. The first-order valence-electron chi connectivity index (χ1n) is 8.25. The molecule has 0 spiro atoms. The van der Waals surface area contributed by atoms with Gasteiger partial charge in [0.25, 0.3) is 5.56 Å². The Kier molecular flexibility index (Phi) is 3.48. The highest BCUT2D eigenvalue weighted by molar-refractivity contribution is 5.75. The Morgan fingerprint density at radius 3 is 2.83 bits per heavy atom. The Labute approximate surface area is 134 Å². The normalized spacial score (nSPS) is 15.5. The Morgan fingerprint density at radius 1 is 1.26 bits per heavy atom. The van der Waals surface area contributed by atoms with Gasteiger partial charge < -0.3 is 4.98 Å². The molecule has 0 amide bonds. The van der Waals surface area contributed by atoms with Gasteiger partial charge in [0.05, 0.1) is 11.9 Å². The number of hydrogen-bond donors (Lipinski definition) is 1. The van der Waals surface area contributed by atoms with Gasteiger partial charge in [-0.2, -0.15) is 5.10 Å². The molecule has 1 aromatic carbocycles. The van der Waals surface area contributed by atoms with Gasteiger partial charge in [-0.25, -0.2) is 9.67 Å². The highest BCUT2D eigenvalue weighted by Gasteiger charge is 2.18. The van der Waals surface area contributed by atoms with E-state index in [-0.39, 0.29) is 5.56 Å². The van der Waals surface area contributed by atoms with Gasteiger partial charge in [-0.1, -0.05) is 43.9 Å². The van der Waals surface area contributed by atoms with Crippen molar-refractivity contribution in [3.8, 4) is 5.69 Å². The summed E-state index contributed by atoms with van der Waals surface area (Å²) in [6.07, 6.45) is 7.51. The largest absolute Gasteiger partial charge is 0.310 e. The van der Waals surface area contributed by atoms with Gasteiger partial charge in [-0.15, -0.1) is 0 Å². The van der Waals surface area contributed by atoms with Crippen LogP contribution in [-0.2, 0) is 6.42 Å². The molecule has 5 heteroatoms. The van der Waals surface area contributed by atoms with E-state index in [1.54, 1.807) is 10.9 Å². The molecule has 0 atom stereocenters. The maximum absolute atomic E-state index is 12.4. The number of para-hydroxylation sites is 1. The first kappa shape index (κ1) is 14.2. The van der Waals surface area contributed by atoms with Gasteiger partial charge >= 0.3 is 0 Å². The number of hydrogen-bond acceptors (Lipinski definition) is 3. The molecule has 1 saturated carbocycles. The van der Waals surface area contributed by atoms with Gasteiger partial charge in [0.15, 0.2) is 5.65 Å². The number of aromatic amines is 1. The van der Waals surface area contributed by atoms with Gasteiger partial charge in [0.2, 0.25) is 0 Å². The molecule has 0 bridgehead atoms. The lowest BCUT2D eigenvalue weighted by atomic mass is 10.0. The van der Waals surface area contributed by atoms with Crippen LogP contribution in [-0.4, -0.2) is 19.7 Å². The molecular formula is C18H20N4O. The van der Waals surface area contributed by atoms with Crippen LogP contribution in [0.3, 0.4) is 0 Å². The zero-order valence-corrected chi connectivity index (χ0v) is 13.2. The van der Waals surface area contributed by atoms with Crippen molar-refractivity contribution >= 4 is 11.0 Å². The Bertz CT molecular complexity index is 903. The third kappa shape index (κ3) is 2.56. The summed E-state index contributed by atoms with van der Waals surface area (Å²) >= 11 is 0. The predicted molar refractivity (Wildman–Crippen MR) is 89.9 cm³/mol. The number of aryl methyl sites for hydroxylation is 1. The van der Waals surface area contributed by atoms with Crippen molar-refractivity contribution in [2.45, 2.75) is 39.0 Å². The smallest absolute Gasteiger partial charge is 0.262 e. The summed E-state index contributed by atoms with van der Waals surface area (Å²) in [5.74, 6) is 1.43. The molecule has 1 aliphatic rings. The van der Waals surface area contributed by atoms with E-state index in [2.05, 4.69) is 10.1 Å². The van der Waals surface area contributed by atoms with Crippen molar-refractivity contribution in [2.24, 2.45) is 5.92 Å². The van der Waals surface area contributed by atoms with E-state index < -0.39 is 0 Å². The summed E-state index contributed by atoms with van der Waals surface area (Å²) in [6.45, 7) is 2.04. The molecule has 0 unspecified atom stereocenters. The zero-order valence-electron chi connectivity index (χ0n) is 13.2. The average Bonchev–Trinajstić information content (AvgIpc) is 3.18. The van der Waals surface area contributed by atoms with Crippen LogP contribution in [0.5, 0.6) is 0 Å². The summed E-state index contributed by atoms with van der Waals surface area (Å²) < 4.78 is 1.78. The van der Waals surface area contributed by atoms with E-state index >= 15 is 0 Å². The number of H-pyrrole nitrogens is 1. The molecule has 1 fully saturated rings. The summed E-state index contributed by atoms with van der Waals surface area (Å²) in [5.41, 5.74) is 2.63. The second-order valence-corrected chi connectivity index (χ2v) is 6.45. The monoisotopic (exact) mass is 308 g/mol. The van der Waals surface area contributed by atoms with Crippen LogP contribution in [0.1, 0.15) is 37.1 Å². The Hall–Kier alpha value is -2.43. The van der Waals surface area contributed by atoms with E-state index in [4.69, 9.17) is 4.98 Å². The summed E-state index contributed by atoms with van der Waals surface area (Å²) in [6, 6.07) is 8.01. The number of benzene rings is 1. The van der Waals surface area contributed by atoms with Gasteiger partial charge in [-0.3, -0.25) is 4.79 Å². The second kappa shape index (κ2) is 5.65. The highest BCUT2D eigenvalue weighted by Crippen LogP contribution is 2.27. The van der Waals surface area contributed by atoms with Crippen LogP contribution in [0, 0.1) is 12.8 Å². The predicted octanol–water partition coefficient (Wildman–Crippen LogP) is 3.15. The lowest BCUT2D eigenvalue weighted by Gasteiger charge is -2.09. The summed E-state index contributed by atoms with van der Waals surface area (Å²) in [5, 5.41) is 4.94. The molecule has 0 saturated heterocycles. The quantitative estimate of drug-likeness (QED) is 0.808. The van der Waals surface area contributed by atoms with Crippen LogP contribution in [0.4, 0.5) is 0 Å². The van der Waals surface area contributed by atoms with Crippen molar-refractivity contribution in [1.82, 2.24) is 19.7 Å². The van der Waals surface area contributed by atoms with Crippen LogP contribution >= 0.6 is 0 Å². The summed E-state index contributed by atoms with van der Waals surface area (Å²) in [4.78, 5) is 20.0. The fourth-order valence-electron chi connectivity index (χ4n) is 3.53. The van der Waals surface area contributed by atoms with Gasteiger partial charge in [-0.05, 0) is 24.5 Å². The maximum atomic E-state index is 12.4. The summed E-state index contributed by atoms with van der Waals surface area (Å²) in [7, 11) is 0. The van der Waals surface area contributed by atoms with E-state index in [0.717, 1.165) is 23.5 Å². The van der Waals surface area contributed by atoms with Crippen molar-refractivity contribution < 1.29 is 0 Å². The molecule has 4 rings (SSSR count). The van der Waals surface area contributed by atoms with Crippen molar-refractivity contribution in [1.29, 1.82) is 0 Å². The van der Waals surface area contributed by atoms with Crippen LogP contribution in [0.2, 0.25) is 0 Å². The fraction of sp³-hybridized carbons (Fsp3) is 0.389. The maximum Gasteiger partial charge on any atom is 0.262 e. The molecule has 118 valence electrons. The van der Waals surface area contributed by atoms with Crippen LogP contribution in [0.15, 0.2) is 35.3 Å². The van der Waals surface area contributed by atoms with E-state index in [9.17, 15) is 4.79 Å². The average molecular weight is 308 g/mol. The Morgan fingerprint density at radius 2 is 2.04 bits per heavy atom. The standard InChI is InChI=1S/C18H20N4O/c1-12-6-2-5-9-15(12)22-17-14(11-19-22)18(23)21-16(20-17)10-13-7-3-4-8-13/h2,5-6,9,11,13H,3-4,7-8,10H2,1H3,(H,20,21,23). The molecule has 5 nitrogen and oxygen atoms in total. The zero-order chi connectivity index (χ0) is 15.8. The van der Waals surface area contributed by atoms with E-state index in [1.807, 2.05) is 31.2 Å². The number of fused-ring (bicyclic) bond motifs is 1. The highest BCUT2D eigenvalue weighted by atomic mass is 16.1. The molecule has 23 heavy (non-hydrogen) atoms. The molecule has 2 aromatic heterocycles. The third-order valence-corrected chi connectivity index (χ3v) is 4.79. The SMILES string of the molecule is Cc1ccccc1-n1ncc2c(=O)[nH]c(CC3CCCC3)nc21. The van der Waals surface area contributed by atoms with Crippen LogP contribution < -0.4 is 5.56 Å². The molecule has 1 N–H and O–H groups in total. The topological polar surface area (TPSA) is 63.6 Å². The number of nitrogens with one attached hydrogen (secondary N) is 1. The minimum absolute atomic E-state index is 0.0946. The lowest BCUT2D eigenvalue weighted by molar-refractivity contribution is 0.530. The second-order valence-electron chi connectivity index (χ2n) is 6.45. The lowest BCUT2D eigenvalue weighted by Crippen LogP contribution is -2.14. The molecular weight excluding hydrogens is 288 g/mol. The van der Waals surface area contributed by atoms with Crippen molar-refractivity contribution in [3.63, 3.8) is 0 Å². The first-order chi connectivity index (χ1) is 11.2. The van der Waals surface area contributed by atoms with Crippen molar-refractivity contribution in [2.75, 3.05) is 0 Å². The fourth-order valence-corrected chi connectivity index (χ4v) is 3.53. The molecule has 2 heterocycles. The van der Waals surface area contributed by atoms with Crippen LogP contribution in [0.25, 0.3) is 16.7 Å². The number of aromatic nitrogens is 4. The van der Waals surface area contributed by atoms with Gasteiger partial charge in [0, 0.05) is 6.42 Å². The van der Waals surface area contributed by atoms with E-state index in [0.29, 0.717) is 17.0 Å². The minimum atomic E-state index is -0.0946. The molecule has 0 radical (unpaired) electrons. The Balaban J connectivity index is 1.82.